The minimum Gasteiger partial charge on any atom is -0.302 e. The molecule has 5 nitrogen and oxygen atoms in total. The van der Waals surface area contributed by atoms with Gasteiger partial charge in [0.25, 0.3) is 0 Å². The lowest BCUT2D eigenvalue weighted by Gasteiger charge is -2.10. The molecule has 0 radical (unpaired) electrons. The summed E-state index contributed by atoms with van der Waals surface area (Å²) in [5.41, 5.74) is 10.5. The highest BCUT2D eigenvalue weighted by Crippen LogP contribution is 2.25. The van der Waals surface area contributed by atoms with Gasteiger partial charge in [-0.15, -0.1) is 0 Å². The fraction of sp³-hybridized carbons (Fsp3) is 0.333. The van der Waals surface area contributed by atoms with E-state index in [1.54, 1.807) is 0 Å². The largest absolute Gasteiger partial charge is 0.322 e. The predicted molar refractivity (Wildman–Crippen MR) is 47.5 cm³/mol. The summed E-state index contributed by atoms with van der Waals surface area (Å²) in [4.78, 5) is 0. The third kappa shape index (κ3) is 5.23. The lowest BCUT2D eigenvalue weighted by molar-refractivity contribution is 0.174. The Hall–Kier alpha value is -0.450. The van der Waals surface area contributed by atoms with Crippen LogP contribution in [0.4, 0.5) is 0 Å². The Morgan fingerprint density at radius 3 is 1.75 bits per heavy atom. The summed E-state index contributed by atoms with van der Waals surface area (Å²) in [5.74, 6) is 0. The van der Waals surface area contributed by atoms with Crippen molar-refractivity contribution in [1.29, 1.82) is 0 Å². The normalized spacial score (nSPS) is 17.8. The lowest BCUT2D eigenvalue weighted by atomic mass is 10.6. The van der Waals surface area contributed by atoms with Gasteiger partial charge in [0.05, 0.1) is 0 Å². The fourth-order valence-corrected chi connectivity index (χ4v) is 1.04. The van der Waals surface area contributed by atoms with Gasteiger partial charge in [0.1, 0.15) is 12.5 Å². The first-order valence-electron chi connectivity index (χ1n) is 3.23. The molecule has 0 aliphatic carbocycles. The summed E-state index contributed by atoms with van der Waals surface area (Å²) in [6.07, 6.45) is 0.998. The third-order valence-corrected chi connectivity index (χ3v) is 1.86. The Labute approximate surface area is 72.0 Å². The maximum atomic E-state index is 10.9. The summed E-state index contributed by atoms with van der Waals surface area (Å²) >= 11 is 0. The van der Waals surface area contributed by atoms with Crippen molar-refractivity contribution in [3.63, 3.8) is 0 Å². The van der Waals surface area contributed by atoms with Crippen LogP contribution in [0.25, 0.3) is 0 Å². The van der Waals surface area contributed by atoms with Gasteiger partial charge in [-0.25, -0.2) is 0 Å². The maximum absolute atomic E-state index is 10.9. The molecule has 4 N–H and O–H groups in total. The number of hydrogen-bond acceptors (Lipinski definition) is 5. The summed E-state index contributed by atoms with van der Waals surface area (Å²) in [6.45, 7) is 6.67. The molecule has 0 fully saturated rings. The Morgan fingerprint density at radius 2 is 1.50 bits per heavy atom. The first kappa shape index (κ1) is 11.6. The van der Waals surface area contributed by atoms with E-state index in [1.807, 2.05) is 0 Å². The monoisotopic (exact) mass is 192 g/mol. The molecule has 0 aromatic heterocycles. The van der Waals surface area contributed by atoms with E-state index in [4.69, 9.17) is 11.5 Å². The molecule has 0 aromatic rings. The molecule has 0 aliphatic rings. The molecule has 0 saturated carbocycles. The molecule has 2 unspecified atom stereocenters. The van der Waals surface area contributed by atoms with E-state index in [0.717, 1.165) is 0 Å². The number of nitrogens with two attached hydrogens (primary N) is 2. The molecule has 0 heterocycles. The summed E-state index contributed by atoms with van der Waals surface area (Å²) in [6, 6.07) is 0. The van der Waals surface area contributed by atoms with Crippen molar-refractivity contribution in [3.05, 3.63) is 25.3 Å². The quantitative estimate of drug-likeness (QED) is 0.360. The Morgan fingerprint density at radius 1 is 1.17 bits per heavy atom. The van der Waals surface area contributed by atoms with E-state index in [2.05, 4.69) is 22.2 Å². The average molecular weight is 192 g/mol. The van der Waals surface area contributed by atoms with E-state index in [9.17, 15) is 4.57 Å². The van der Waals surface area contributed by atoms with Crippen LogP contribution in [0.5, 0.6) is 0 Å². The first-order valence-corrected chi connectivity index (χ1v) is 4.46. The second-order valence-corrected chi connectivity index (χ2v) is 2.86. The van der Waals surface area contributed by atoms with Crippen LogP contribution >= 0.6 is 8.25 Å². The molecule has 12 heavy (non-hydrogen) atoms. The van der Waals surface area contributed by atoms with Crippen LogP contribution in [0.1, 0.15) is 0 Å². The minimum atomic E-state index is -2.65. The molecule has 70 valence electrons. The molecular formula is C6H13N2O3P. The highest BCUT2D eigenvalue weighted by atomic mass is 31.1. The minimum absolute atomic E-state index is 0.798. The highest BCUT2D eigenvalue weighted by molar-refractivity contribution is 7.33. The molecule has 2 atom stereocenters. The second-order valence-electron chi connectivity index (χ2n) is 1.89. The predicted octanol–water partition coefficient (Wildman–Crippen LogP) is 0.351. The standard InChI is InChI=1S/C6H13N2O3P/c1-3-5(7)10-12(9)11-6(8)4-2/h3-6,12H,1-2,7-8H2. The van der Waals surface area contributed by atoms with Gasteiger partial charge < -0.3 is 11.5 Å². The molecule has 0 aliphatic heterocycles. The van der Waals surface area contributed by atoms with E-state index in [-0.39, 0.29) is 0 Å². The third-order valence-electron chi connectivity index (χ3n) is 0.929. The van der Waals surface area contributed by atoms with Crippen molar-refractivity contribution in [1.82, 2.24) is 0 Å². The maximum Gasteiger partial charge on any atom is 0.322 e. The van der Waals surface area contributed by atoms with E-state index in [1.165, 1.54) is 12.2 Å². The molecule has 0 spiro atoms. The smallest absolute Gasteiger partial charge is 0.302 e. The SMILES string of the molecule is C=CC(N)O[PH](=O)OC(N)C=C. The van der Waals surface area contributed by atoms with Gasteiger partial charge in [-0.3, -0.25) is 13.6 Å². The fourth-order valence-electron chi connectivity index (χ4n) is 0.346. The Bertz CT molecular complexity index is 168. The molecule has 0 saturated heterocycles. The summed E-state index contributed by atoms with van der Waals surface area (Å²) in [5, 5.41) is 0. The van der Waals surface area contributed by atoms with Crippen LogP contribution in [0.15, 0.2) is 25.3 Å². The highest BCUT2D eigenvalue weighted by Gasteiger charge is 2.07. The molecular weight excluding hydrogens is 179 g/mol. The van der Waals surface area contributed by atoms with Gasteiger partial charge in [-0.2, -0.15) is 0 Å². The van der Waals surface area contributed by atoms with E-state index in [0.29, 0.717) is 0 Å². The zero-order valence-corrected chi connectivity index (χ0v) is 7.60. The van der Waals surface area contributed by atoms with E-state index >= 15 is 0 Å². The lowest BCUT2D eigenvalue weighted by Crippen LogP contribution is -2.21. The van der Waals surface area contributed by atoms with Crippen molar-refractivity contribution in [2.45, 2.75) is 12.5 Å². The second kappa shape index (κ2) is 6.11. The molecule has 0 rings (SSSR count). The Kier molecular flexibility index (Phi) is 5.88. The van der Waals surface area contributed by atoms with Crippen LogP contribution < -0.4 is 11.5 Å². The van der Waals surface area contributed by atoms with Crippen molar-refractivity contribution in [2.75, 3.05) is 0 Å². The van der Waals surface area contributed by atoms with Crippen LogP contribution in [0, 0.1) is 0 Å². The van der Waals surface area contributed by atoms with Crippen molar-refractivity contribution < 1.29 is 13.6 Å². The van der Waals surface area contributed by atoms with Gasteiger partial charge in [0.15, 0.2) is 0 Å². The molecule has 0 bridgehead atoms. The first-order chi connectivity index (χ1) is 5.60. The van der Waals surface area contributed by atoms with Gasteiger partial charge in [-0.1, -0.05) is 13.2 Å². The number of rotatable bonds is 6. The van der Waals surface area contributed by atoms with Crippen molar-refractivity contribution >= 4 is 8.25 Å². The van der Waals surface area contributed by atoms with Crippen molar-refractivity contribution in [3.8, 4) is 0 Å². The van der Waals surface area contributed by atoms with Crippen LogP contribution in [0.2, 0.25) is 0 Å². The number of hydrogen-bond donors (Lipinski definition) is 2. The Balaban J connectivity index is 3.73. The van der Waals surface area contributed by atoms with E-state index < -0.39 is 20.7 Å². The van der Waals surface area contributed by atoms with Crippen LogP contribution in [-0.4, -0.2) is 12.5 Å². The molecule has 6 heteroatoms. The molecule has 0 amide bonds. The molecule has 0 aromatic carbocycles. The zero-order valence-electron chi connectivity index (χ0n) is 6.60. The van der Waals surface area contributed by atoms with Crippen LogP contribution in [-0.2, 0) is 13.6 Å². The summed E-state index contributed by atoms with van der Waals surface area (Å²) in [7, 11) is -2.65. The van der Waals surface area contributed by atoms with Crippen LogP contribution in [0.3, 0.4) is 0 Å². The zero-order chi connectivity index (χ0) is 9.56. The van der Waals surface area contributed by atoms with Gasteiger partial charge in [-0.05, 0) is 12.2 Å². The van der Waals surface area contributed by atoms with Gasteiger partial charge >= 0.3 is 8.25 Å². The topological polar surface area (TPSA) is 87.6 Å². The summed E-state index contributed by atoms with van der Waals surface area (Å²) < 4.78 is 20.1. The average Bonchev–Trinajstić information content (AvgIpc) is 2.03. The van der Waals surface area contributed by atoms with Crippen molar-refractivity contribution in [2.24, 2.45) is 11.5 Å². The van der Waals surface area contributed by atoms with Gasteiger partial charge in [0, 0.05) is 0 Å². The van der Waals surface area contributed by atoms with Gasteiger partial charge in [0.2, 0.25) is 0 Å².